The summed E-state index contributed by atoms with van der Waals surface area (Å²) in [6, 6.07) is 8.15. The number of likely N-dealkylation sites (tertiary alicyclic amines) is 1. The number of benzene rings is 1. The molecule has 1 aliphatic rings. The number of rotatable bonds is 6. The van der Waals surface area contributed by atoms with Gasteiger partial charge in [0.1, 0.15) is 23.3 Å². The first-order valence-electron chi connectivity index (χ1n) is 10.6. The van der Waals surface area contributed by atoms with E-state index in [0.717, 1.165) is 43.4 Å². The summed E-state index contributed by atoms with van der Waals surface area (Å²) in [6.45, 7) is 2.76. The highest BCUT2D eigenvalue weighted by molar-refractivity contribution is 5.93. The Morgan fingerprint density at radius 1 is 1.30 bits per heavy atom. The Morgan fingerprint density at radius 3 is 2.97 bits per heavy atom. The number of oxazole rings is 1. The monoisotopic (exact) mass is 410 g/mol. The van der Waals surface area contributed by atoms with Crippen molar-refractivity contribution in [2.45, 2.75) is 51.5 Å². The number of carbonyl (C=O) groups is 1. The van der Waals surface area contributed by atoms with Gasteiger partial charge in [-0.05, 0) is 49.4 Å². The van der Waals surface area contributed by atoms with Gasteiger partial charge in [0.05, 0.1) is 11.9 Å². The Hall–Kier alpha value is -2.96. The Morgan fingerprint density at radius 2 is 2.17 bits per heavy atom. The molecule has 6 nitrogen and oxygen atoms in total. The van der Waals surface area contributed by atoms with Crippen LogP contribution >= 0.6 is 0 Å². The largest absolute Gasteiger partial charge is 0.443 e. The van der Waals surface area contributed by atoms with E-state index in [-0.39, 0.29) is 17.8 Å². The van der Waals surface area contributed by atoms with Crippen LogP contribution in [0.15, 0.2) is 40.9 Å². The summed E-state index contributed by atoms with van der Waals surface area (Å²) in [7, 11) is 1.81. The average Bonchev–Trinajstić information content (AvgIpc) is 3.34. The standard InChI is InChI=1S/C23H27FN4O2/c1-3-7-18-14-21(27(2)26-18)23(29)28-11-5-4-10-20(28)22-25-15-19(30-22)13-16-8-6-9-17(24)12-16/h6,8-9,12,14-15,20H,3-5,7,10-11,13H2,1-2H3/t20-/m1/s1. The van der Waals surface area contributed by atoms with Crippen LogP contribution < -0.4 is 0 Å². The van der Waals surface area contributed by atoms with Crippen LogP contribution in [-0.2, 0) is 19.9 Å². The highest BCUT2D eigenvalue weighted by Crippen LogP contribution is 2.32. The predicted molar refractivity (Wildman–Crippen MR) is 111 cm³/mol. The van der Waals surface area contributed by atoms with Gasteiger partial charge < -0.3 is 9.32 Å². The molecule has 0 saturated carbocycles. The molecule has 2 aromatic heterocycles. The summed E-state index contributed by atoms with van der Waals surface area (Å²) in [5, 5.41) is 4.47. The number of nitrogens with zero attached hydrogens (tertiary/aromatic N) is 4. The lowest BCUT2D eigenvalue weighted by Gasteiger charge is -2.33. The van der Waals surface area contributed by atoms with Crippen molar-refractivity contribution < 1.29 is 13.6 Å². The third-order valence-electron chi connectivity index (χ3n) is 5.54. The topological polar surface area (TPSA) is 64.2 Å². The molecule has 0 radical (unpaired) electrons. The van der Waals surface area contributed by atoms with Crippen LogP contribution in [0, 0.1) is 5.82 Å². The van der Waals surface area contributed by atoms with Crippen molar-refractivity contribution in [3.63, 3.8) is 0 Å². The molecule has 0 bridgehead atoms. The molecule has 1 fully saturated rings. The van der Waals surface area contributed by atoms with Gasteiger partial charge in [0, 0.05) is 20.0 Å². The Kier molecular flexibility index (Phi) is 5.97. The second kappa shape index (κ2) is 8.81. The third-order valence-corrected chi connectivity index (χ3v) is 5.54. The first kappa shape index (κ1) is 20.3. The fourth-order valence-corrected chi connectivity index (χ4v) is 4.09. The third kappa shape index (κ3) is 4.30. The highest BCUT2D eigenvalue weighted by Gasteiger charge is 2.33. The average molecular weight is 410 g/mol. The van der Waals surface area contributed by atoms with E-state index < -0.39 is 0 Å². The minimum absolute atomic E-state index is 0.0399. The van der Waals surface area contributed by atoms with Crippen molar-refractivity contribution in [1.82, 2.24) is 19.7 Å². The first-order valence-corrected chi connectivity index (χ1v) is 10.6. The normalized spacial score (nSPS) is 16.8. The number of piperidine rings is 1. The number of aryl methyl sites for hydroxylation is 2. The maximum absolute atomic E-state index is 13.5. The molecule has 3 heterocycles. The Bertz CT molecular complexity index is 1030. The van der Waals surface area contributed by atoms with E-state index in [0.29, 0.717) is 30.3 Å². The fraction of sp³-hybridized carbons (Fsp3) is 0.435. The molecule has 4 rings (SSSR count). The molecular weight excluding hydrogens is 383 g/mol. The molecule has 1 amide bonds. The molecule has 158 valence electrons. The van der Waals surface area contributed by atoms with Crippen molar-refractivity contribution in [3.8, 4) is 0 Å². The summed E-state index contributed by atoms with van der Waals surface area (Å²) in [5.74, 6) is 0.904. The van der Waals surface area contributed by atoms with Gasteiger partial charge in [-0.15, -0.1) is 0 Å². The molecule has 0 N–H and O–H groups in total. The molecular formula is C23H27FN4O2. The zero-order valence-corrected chi connectivity index (χ0v) is 17.5. The lowest BCUT2D eigenvalue weighted by atomic mass is 10.0. The Balaban J connectivity index is 1.54. The quantitative estimate of drug-likeness (QED) is 0.602. The van der Waals surface area contributed by atoms with Gasteiger partial charge >= 0.3 is 0 Å². The van der Waals surface area contributed by atoms with Crippen molar-refractivity contribution in [1.29, 1.82) is 0 Å². The summed E-state index contributed by atoms with van der Waals surface area (Å²) in [4.78, 5) is 19.6. The predicted octanol–water partition coefficient (Wildman–Crippen LogP) is 4.46. The number of halogens is 1. The number of amides is 1. The minimum atomic E-state index is -0.269. The van der Waals surface area contributed by atoms with Crippen LogP contribution in [-0.4, -0.2) is 32.1 Å². The van der Waals surface area contributed by atoms with Crippen LogP contribution in [0.2, 0.25) is 0 Å². The summed E-state index contributed by atoms with van der Waals surface area (Å²) in [5.41, 5.74) is 2.36. The lowest BCUT2D eigenvalue weighted by Crippen LogP contribution is -2.39. The van der Waals surface area contributed by atoms with E-state index in [1.807, 2.05) is 24.1 Å². The Labute approximate surface area is 175 Å². The molecule has 30 heavy (non-hydrogen) atoms. The smallest absolute Gasteiger partial charge is 0.272 e. The van der Waals surface area contributed by atoms with Crippen LogP contribution in [0.3, 0.4) is 0 Å². The second-order valence-corrected chi connectivity index (χ2v) is 7.88. The van der Waals surface area contributed by atoms with Crippen molar-refractivity contribution in [3.05, 3.63) is 70.9 Å². The van der Waals surface area contributed by atoms with Crippen LogP contribution in [0.1, 0.15) is 72.0 Å². The highest BCUT2D eigenvalue weighted by atomic mass is 19.1. The van der Waals surface area contributed by atoms with E-state index in [1.165, 1.54) is 12.1 Å². The first-order chi connectivity index (χ1) is 14.5. The van der Waals surface area contributed by atoms with E-state index in [2.05, 4.69) is 17.0 Å². The zero-order valence-electron chi connectivity index (χ0n) is 17.5. The van der Waals surface area contributed by atoms with Crippen LogP contribution in [0.25, 0.3) is 0 Å². The van der Waals surface area contributed by atoms with Gasteiger partial charge in [-0.25, -0.2) is 9.37 Å². The molecule has 1 atom stereocenters. The number of aromatic nitrogens is 3. The zero-order chi connectivity index (χ0) is 21.1. The number of carbonyl (C=O) groups excluding carboxylic acids is 1. The van der Waals surface area contributed by atoms with E-state index in [9.17, 15) is 9.18 Å². The number of hydrogen-bond donors (Lipinski definition) is 0. The van der Waals surface area contributed by atoms with E-state index >= 15 is 0 Å². The molecule has 1 aliphatic heterocycles. The van der Waals surface area contributed by atoms with Gasteiger partial charge in [-0.1, -0.05) is 25.5 Å². The molecule has 1 aromatic carbocycles. The summed E-state index contributed by atoms with van der Waals surface area (Å²) >= 11 is 0. The van der Waals surface area contributed by atoms with Crippen molar-refractivity contribution in [2.75, 3.05) is 6.54 Å². The van der Waals surface area contributed by atoms with Gasteiger partial charge in [-0.2, -0.15) is 5.10 Å². The van der Waals surface area contributed by atoms with Gasteiger partial charge in [-0.3, -0.25) is 9.48 Å². The van der Waals surface area contributed by atoms with Crippen molar-refractivity contribution in [2.24, 2.45) is 7.05 Å². The lowest BCUT2D eigenvalue weighted by molar-refractivity contribution is 0.0558. The molecule has 7 heteroatoms. The van der Waals surface area contributed by atoms with Crippen LogP contribution in [0.5, 0.6) is 0 Å². The molecule has 3 aromatic rings. The van der Waals surface area contributed by atoms with Gasteiger partial charge in [0.15, 0.2) is 0 Å². The molecule has 0 spiro atoms. The fourth-order valence-electron chi connectivity index (χ4n) is 4.09. The van der Waals surface area contributed by atoms with Gasteiger partial charge in [0.25, 0.3) is 5.91 Å². The van der Waals surface area contributed by atoms with E-state index in [1.54, 1.807) is 16.9 Å². The molecule has 1 saturated heterocycles. The molecule has 0 aliphatic carbocycles. The second-order valence-electron chi connectivity index (χ2n) is 7.88. The summed E-state index contributed by atoms with van der Waals surface area (Å²) < 4.78 is 21.1. The summed E-state index contributed by atoms with van der Waals surface area (Å²) in [6.07, 6.45) is 6.77. The minimum Gasteiger partial charge on any atom is -0.443 e. The van der Waals surface area contributed by atoms with E-state index in [4.69, 9.17) is 4.42 Å². The maximum Gasteiger partial charge on any atom is 0.272 e. The SMILES string of the molecule is CCCc1cc(C(=O)N2CCCC[C@@H]2c2ncc(Cc3cccc(F)c3)o2)n(C)n1. The molecule has 0 unspecified atom stereocenters. The maximum atomic E-state index is 13.5. The number of hydrogen-bond acceptors (Lipinski definition) is 4. The van der Waals surface area contributed by atoms with Crippen molar-refractivity contribution >= 4 is 5.91 Å². The van der Waals surface area contributed by atoms with Crippen LogP contribution in [0.4, 0.5) is 4.39 Å². The van der Waals surface area contributed by atoms with Gasteiger partial charge in [0.2, 0.25) is 5.89 Å².